The lowest BCUT2D eigenvalue weighted by molar-refractivity contribution is -0.148. The number of carbonyl (C=O) groups excluding carboxylic acids is 7. The van der Waals surface area contributed by atoms with E-state index in [1.54, 1.807) is 4.90 Å². The fourth-order valence-corrected chi connectivity index (χ4v) is 8.56. The second kappa shape index (κ2) is 16.5. The molecule has 0 spiro atoms. The van der Waals surface area contributed by atoms with Crippen molar-refractivity contribution >= 4 is 41.4 Å². The molecule has 0 aromatic heterocycles. The Labute approximate surface area is 309 Å². The minimum atomic E-state index is -1.04. The normalized spacial score (nSPS) is 25.2. The quantitative estimate of drug-likeness (QED) is 0.113. The molecule has 4 rings (SSSR count). The molecule has 0 aromatic carbocycles. The SMILES string of the molecule is C=CCNC(=O)C(=O)C(CCCC)NC(=O)[C@@H]1[C@@H]2[C@H](CN1C(=O)[C@@H](NC(=O)N[C@H](CN1C(=O)CCCC1=O)C(C)(C)C)C1(C)CCCCC1)C2(C)C. The summed E-state index contributed by atoms with van der Waals surface area (Å²) in [5.74, 6) is -2.96. The zero-order valence-electron chi connectivity index (χ0n) is 32.4. The van der Waals surface area contributed by atoms with Crippen LogP contribution in [0, 0.1) is 28.1 Å². The van der Waals surface area contributed by atoms with Crippen molar-refractivity contribution < 1.29 is 33.6 Å². The van der Waals surface area contributed by atoms with Gasteiger partial charge in [0, 0.05) is 32.5 Å². The summed E-state index contributed by atoms with van der Waals surface area (Å²) in [6.07, 6.45) is 8.43. The van der Waals surface area contributed by atoms with E-state index in [1.807, 2.05) is 34.6 Å². The van der Waals surface area contributed by atoms with Crippen LogP contribution in [-0.2, 0) is 28.8 Å². The largest absolute Gasteiger partial charge is 0.346 e. The van der Waals surface area contributed by atoms with E-state index >= 15 is 0 Å². The van der Waals surface area contributed by atoms with Gasteiger partial charge in [0.05, 0.1) is 12.1 Å². The van der Waals surface area contributed by atoms with Crippen LogP contribution in [0.1, 0.15) is 119 Å². The number of amides is 7. The highest BCUT2D eigenvalue weighted by Gasteiger charge is 2.70. The van der Waals surface area contributed by atoms with Crippen molar-refractivity contribution in [3.63, 3.8) is 0 Å². The highest BCUT2D eigenvalue weighted by atomic mass is 16.2. The van der Waals surface area contributed by atoms with Crippen LogP contribution >= 0.6 is 0 Å². The number of likely N-dealkylation sites (tertiary alicyclic amines) is 2. The molecule has 6 atom stereocenters. The standard InChI is InChI=1S/C39H62N6O7/c1-9-11-16-25(31(48)34(50)40-21-10-2)41-33(49)30-29-24(38(29,6)7)22-45(30)35(51)32(39(8)19-13-12-14-20-39)43-36(52)42-26(37(3,4)5)23-44-27(46)17-15-18-28(44)47/h10,24-26,29-30,32H,2,9,11-23H2,1,3-8H3,(H,40,50)(H,41,49)(H2,42,43,52)/t24-,25?,26+,29-,30-,32+/m0/s1. The van der Waals surface area contributed by atoms with Crippen LogP contribution in [0.4, 0.5) is 4.79 Å². The highest BCUT2D eigenvalue weighted by molar-refractivity contribution is 6.38. The first kappa shape index (κ1) is 41.0. The van der Waals surface area contributed by atoms with Gasteiger partial charge in [-0.3, -0.25) is 33.7 Å². The summed E-state index contributed by atoms with van der Waals surface area (Å²) >= 11 is 0. The van der Waals surface area contributed by atoms with Crippen LogP contribution < -0.4 is 21.3 Å². The Morgan fingerprint density at radius 3 is 2.15 bits per heavy atom. The first-order valence-electron chi connectivity index (χ1n) is 19.3. The molecule has 290 valence electrons. The van der Waals surface area contributed by atoms with E-state index < -0.39 is 58.6 Å². The molecular weight excluding hydrogens is 664 g/mol. The Kier molecular flexibility index (Phi) is 13.0. The summed E-state index contributed by atoms with van der Waals surface area (Å²) in [5.41, 5.74) is -1.32. The highest BCUT2D eigenvalue weighted by Crippen LogP contribution is 2.65. The zero-order valence-corrected chi connectivity index (χ0v) is 32.4. The van der Waals surface area contributed by atoms with Crippen LogP contribution in [-0.4, -0.2) is 95.0 Å². The second-order valence-electron chi connectivity index (χ2n) is 17.4. The Morgan fingerprint density at radius 1 is 0.942 bits per heavy atom. The van der Waals surface area contributed by atoms with Crippen molar-refractivity contribution in [1.29, 1.82) is 0 Å². The number of Topliss-reactive ketones (excluding diaryl/α,β-unsaturated/α-hetero) is 1. The number of piperidine rings is 2. The predicted molar refractivity (Wildman–Crippen MR) is 196 cm³/mol. The van der Waals surface area contributed by atoms with Crippen molar-refractivity contribution in [3.05, 3.63) is 12.7 Å². The number of urea groups is 1. The van der Waals surface area contributed by atoms with Gasteiger partial charge in [0.25, 0.3) is 5.91 Å². The van der Waals surface area contributed by atoms with Gasteiger partial charge in [-0.2, -0.15) is 0 Å². The Balaban J connectivity index is 1.59. The Morgan fingerprint density at radius 2 is 1.58 bits per heavy atom. The summed E-state index contributed by atoms with van der Waals surface area (Å²) < 4.78 is 0. The van der Waals surface area contributed by atoms with Crippen LogP contribution in [0.3, 0.4) is 0 Å². The number of nitrogens with zero attached hydrogens (tertiary/aromatic N) is 2. The van der Waals surface area contributed by atoms with E-state index in [4.69, 9.17) is 0 Å². The van der Waals surface area contributed by atoms with Gasteiger partial charge in [0.2, 0.25) is 29.4 Å². The molecule has 0 aromatic rings. The lowest BCUT2D eigenvalue weighted by Crippen LogP contribution is -2.64. The third kappa shape index (κ3) is 9.05. The molecule has 13 nitrogen and oxygen atoms in total. The van der Waals surface area contributed by atoms with Crippen molar-refractivity contribution in [1.82, 2.24) is 31.1 Å². The molecular formula is C39H62N6O7. The average molecular weight is 727 g/mol. The van der Waals surface area contributed by atoms with Crippen LogP contribution in [0.15, 0.2) is 12.7 Å². The lowest BCUT2D eigenvalue weighted by atomic mass is 9.70. The summed E-state index contributed by atoms with van der Waals surface area (Å²) in [6, 6.07) is -4.04. The first-order valence-corrected chi connectivity index (χ1v) is 19.3. The molecule has 13 heteroatoms. The fraction of sp³-hybridized carbons (Fsp3) is 0.769. The summed E-state index contributed by atoms with van der Waals surface area (Å²) in [5, 5.41) is 11.4. The van der Waals surface area contributed by atoms with Crippen molar-refractivity contribution in [3.8, 4) is 0 Å². The van der Waals surface area contributed by atoms with Crippen LogP contribution in [0.2, 0.25) is 0 Å². The van der Waals surface area contributed by atoms with E-state index in [-0.39, 0.29) is 67.3 Å². The Hall–Kier alpha value is -3.77. The van der Waals surface area contributed by atoms with Gasteiger partial charge in [-0.05, 0) is 53.8 Å². The van der Waals surface area contributed by atoms with Gasteiger partial charge in [-0.15, -0.1) is 6.58 Å². The smallest absolute Gasteiger partial charge is 0.315 e. The van der Waals surface area contributed by atoms with Crippen molar-refractivity contribution in [2.24, 2.45) is 28.1 Å². The summed E-state index contributed by atoms with van der Waals surface area (Å²) in [6.45, 7) is 17.9. The molecule has 2 heterocycles. The number of hydrogen-bond acceptors (Lipinski definition) is 7. The monoisotopic (exact) mass is 726 g/mol. The number of nitrogens with one attached hydrogen (secondary N) is 4. The number of hydrogen-bond donors (Lipinski definition) is 4. The van der Waals surface area contributed by atoms with Crippen molar-refractivity contribution in [2.45, 2.75) is 143 Å². The molecule has 4 fully saturated rings. The lowest BCUT2D eigenvalue weighted by Gasteiger charge is -2.43. The average Bonchev–Trinajstić information content (AvgIpc) is 3.38. The Bertz CT molecular complexity index is 1400. The molecule has 4 N–H and O–H groups in total. The molecule has 0 radical (unpaired) electrons. The molecule has 2 saturated carbocycles. The number of ketones is 1. The van der Waals surface area contributed by atoms with Gasteiger partial charge in [0.1, 0.15) is 12.1 Å². The number of imide groups is 1. The van der Waals surface area contributed by atoms with E-state index in [0.717, 1.165) is 25.7 Å². The second-order valence-corrected chi connectivity index (χ2v) is 17.4. The summed E-state index contributed by atoms with van der Waals surface area (Å²) in [7, 11) is 0. The zero-order chi connectivity index (χ0) is 38.6. The van der Waals surface area contributed by atoms with Gasteiger partial charge < -0.3 is 26.2 Å². The molecule has 2 saturated heterocycles. The molecule has 2 aliphatic heterocycles. The van der Waals surface area contributed by atoms with Gasteiger partial charge in [0.15, 0.2) is 0 Å². The number of fused-ring (bicyclic) bond motifs is 1. The molecule has 1 unspecified atom stereocenters. The molecule has 2 aliphatic carbocycles. The first-order chi connectivity index (χ1) is 24.4. The minimum absolute atomic E-state index is 0.0286. The van der Waals surface area contributed by atoms with Gasteiger partial charge in [-0.25, -0.2) is 4.79 Å². The van der Waals surface area contributed by atoms with Crippen LogP contribution in [0.25, 0.3) is 0 Å². The van der Waals surface area contributed by atoms with E-state index in [1.165, 1.54) is 11.0 Å². The maximum Gasteiger partial charge on any atom is 0.315 e. The minimum Gasteiger partial charge on any atom is -0.346 e. The third-order valence-electron chi connectivity index (χ3n) is 12.2. The molecule has 52 heavy (non-hydrogen) atoms. The third-order valence-corrected chi connectivity index (χ3v) is 12.2. The van der Waals surface area contributed by atoms with Gasteiger partial charge in [-0.1, -0.05) is 86.6 Å². The fourth-order valence-electron chi connectivity index (χ4n) is 8.56. The number of carbonyl (C=O) groups is 7. The number of rotatable bonds is 15. The topological polar surface area (TPSA) is 174 Å². The van der Waals surface area contributed by atoms with E-state index in [2.05, 4.69) is 41.7 Å². The maximum atomic E-state index is 14.8. The van der Waals surface area contributed by atoms with E-state index in [0.29, 0.717) is 32.2 Å². The van der Waals surface area contributed by atoms with Crippen LogP contribution in [0.5, 0.6) is 0 Å². The summed E-state index contributed by atoms with van der Waals surface area (Å²) in [4.78, 5) is 97.0. The van der Waals surface area contributed by atoms with Gasteiger partial charge >= 0.3 is 6.03 Å². The molecule has 4 aliphatic rings. The van der Waals surface area contributed by atoms with Crippen molar-refractivity contribution in [2.75, 3.05) is 19.6 Å². The number of unbranched alkanes of at least 4 members (excludes halogenated alkanes) is 1. The predicted octanol–water partition coefficient (Wildman–Crippen LogP) is 3.61. The maximum absolute atomic E-state index is 14.8. The van der Waals surface area contributed by atoms with E-state index in [9.17, 15) is 33.6 Å². The molecule has 0 bridgehead atoms. The molecule has 7 amide bonds.